The van der Waals surface area contributed by atoms with Crippen molar-refractivity contribution in [2.24, 2.45) is 0 Å². The lowest BCUT2D eigenvalue weighted by atomic mass is 9.84. The number of aliphatic hydroxyl groups is 1. The number of likely N-dealkylation sites (tertiary alicyclic amines) is 1. The minimum Gasteiger partial charge on any atom is -0.507 e. The molecule has 0 aliphatic carbocycles. The molecule has 35 heavy (non-hydrogen) atoms. The lowest BCUT2D eigenvalue weighted by molar-refractivity contribution is -0.140. The maximum Gasteiger partial charge on any atom is 0.295 e. The second kappa shape index (κ2) is 10.5. The molecule has 0 bridgehead atoms. The van der Waals surface area contributed by atoms with Crippen molar-refractivity contribution in [2.75, 3.05) is 27.4 Å². The van der Waals surface area contributed by atoms with E-state index in [-0.39, 0.29) is 36.0 Å². The predicted molar refractivity (Wildman–Crippen MR) is 135 cm³/mol. The van der Waals surface area contributed by atoms with Crippen molar-refractivity contribution in [3.8, 4) is 11.5 Å². The van der Waals surface area contributed by atoms with Crippen LogP contribution in [0.3, 0.4) is 0 Å². The number of carbonyl (C=O) groups excluding carboxylic acids is 2. The summed E-state index contributed by atoms with van der Waals surface area (Å²) in [6.07, 6.45) is -0.0415. The highest BCUT2D eigenvalue weighted by atomic mass is 16.5. The van der Waals surface area contributed by atoms with Crippen molar-refractivity contribution in [3.05, 3.63) is 64.7 Å². The molecular formula is C28H35NO6. The number of nitrogens with zero attached hydrogens (tertiary/aromatic N) is 1. The normalized spacial score (nSPS) is 17.8. The van der Waals surface area contributed by atoms with E-state index in [9.17, 15) is 14.7 Å². The monoisotopic (exact) mass is 481 g/mol. The average molecular weight is 482 g/mol. The molecule has 1 heterocycles. The Hall–Kier alpha value is -3.32. The molecule has 1 fully saturated rings. The van der Waals surface area contributed by atoms with Gasteiger partial charge in [-0.15, -0.1) is 0 Å². The van der Waals surface area contributed by atoms with Gasteiger partial charge in [-0.1, -0.05) is 32.9 Å². The second-order valence-corrected chi connectivity index (χ2v) is 9.89. The summed E-state index contributed by atoms with van der Waals surface area (Å²) in [6.45, 7) is 10.4. The summed E-state index contributed by atoms with van der Waals surface area (Å²) in [6, 6.07) is 11.8. The zero-order chi connectivity index (χ0) is 25.9. The van der Waals surface area contributed by atoms with Crippen LogP contribution in [0, 0.1) is 0 Å². The molecule has 1 N–H and O–H groups in total. The molecule has 2 aromatic rings. The minimum atomic E-state index is -0.777. The molecule has 7 heteroatoms. The number of ether oxygens (including phenoxy) is 3. The number of rotatable bonds is 8. The molecule has 1 unspecified atom stereocenters. The molecule has 3 rings (SSSR count). The topological polar surface area (TPSA) is 85.3 Å². The van der Waals surface area contributed by atoms with E-state index in [2.05, 4.69) is 0 Å². The Morgan fingerprint density at radius 3 is 2.40 bits per heavy atom. The summed E-state index contributed by atoms with van der Waals surface area (Å²) < 4.78 is 16.5. The van der Waals surface area contributed by atoms with Gasteiger partial charge in [-0.2, -0.15) is 0 Å². The van der Waals surface area contributed by atoms with Crippen LogP contribution >= 0.6 is 0 Å². The summed E-state index contributed by atoms with van der Waals surface area (Å²) in [5.41, 5.74) is 1.76. The maximum absolute atomic E-state index is 13.2. The van der Waals surface area contributed by atoms with E-state index >= 15 is 0 Å². The fourth-order valence-corrected chi connectivity index (χ4v) is 4.27. The van der Waals surface area contributed by atoms with Crippen LogP contribution in [0.5, 0.6) is 11.5 Å². The first-order valence-electron chi connectivity index (χ1n) is 11.7. The van der Waals surface area contributed by atoms with E-state index in [1.165, 1.54) is 12.0 Å². The van der Waals surface area contributed by atoms with Crippen LogP contribution < -0.4 is 9.47 Å². The van der Waals surface area contributed by atoms with E-state index in [1.54, 1.807) is 25.3 Å². The number of ketones is 1. The summed E-state index contributed by atoms with van der Waals surface area (Å²) >= 11 is 0. The van der Waals surface area contributed by atoms with Crippen LogP contribution in [0.25, 0.3) is 5.76 Å². The number of aliphatic hydroxyl groups excluding tert-OH is 1. The maximum atomic E-state index is 13.2. The highest BCUT2D eigenvalue weighted by Crippen LogP contribution is 2.41. The number of hydrogen-bond acceptors (Lipinski definition) is 6. The molecule has 1 amide bonds. The molecule has 1 saturated heterocycles. The molecule has 1 atom stereocenters. The standard InChI is InChI=1S/C28H35NO6/c1-17(2)35-20-10-8-9-18(15-20)24-23(26(31)27(32)29(24)13-14-33-6)25(30)19-11-12-22(34-7)21(16-19)28(3,4)5/h8-12,15-17,24,30H,13-14H2,1-7H3/b25-23+. The van der Waals surface area contributed by atoms with Gasteiger partial charge in [0.05, 0.1) is 31.4 Å². The molecule has 0 saturated carbocycles. The molecule has 188 valence electrons. The van der Waals surface area contributed by atoms with Crippen LogP contribution in [-0.2, 0) is 19.7 Å². The number of hydrogen-bond donors (Lipinski definition) is 1. The van der Waals surface area contributed by atoms with Gasteiger partial charge in [0.2, 0.25) is 0 Å². The van der Waals surface area contributed by atoms with Gasteiger partial charge in [0.15, 0.2) is 0 Å². The van der Waals surface area contributed by atoms with E-state index in [0.717, 1.165) is 5.56 Å². The second-order valence-electron chi connectivity index (χ2n) is 9.89. The Labute approximate surface area is 207 Å². The molecule has 7 nitrogen and oxygen atoms in total. The van der Waals surface area contributed by atoms with Crippen molar-refractivity contribution in [2.45, 2.75) is 52.2 Å². The third-order valence-corrected chi connectivity index (χ3v) is 5.90. The largest absolute Gasteiger partial charge is 0.507 e. The quantitative estimate of drug-likeness (QED) is 0.330. The van der Waals surface area contributed by atoms with Gasteiger partial charge < -0.3 is 24.2 Å². The first kappa shape index (κ1) is 26.3. The third-order valence-electron chi connectivity index (χ3n) is 5.90. The first-order chi connectivity index (χ1) is 16.5. The molecule has 2 aromatic carbocycles. The highest BCUT2D eigenvalue weighted by molar-refractivity contribution is 6.46. The van der Waals surface area contributed by atoms with Crippen molar-refractivity contribution in [1.82, 2.24) is 4.90 Å². The fourth-order valence-electron chi connectivity index (χ4n) is 4.27. The van der Waals surface area contributed by atoms with Crippen LogP contribution in [0.1, 0.15) is 57.4 Å². The Bertz CT molecular complexity index is 1130. The van der Waals surface area contributed by atoms with Gasteiger partial charge in [0.25, 0.3) is 11.7 Å². The van der Waals surface area contributed by atoms with Gasteiger partial charge in [0, 0.05) is 24.8 Å². The van der Waals surface area contributed by atoms with Crippen LogP contribution in [-0.4, -0.2) is 55.2 Å². The summed E-state index contributed by atoms with van der Waals surface area (Å²) in [4.78, 5) is 27.7. The Balaban J connectivity index is 2.21. The van der Waals surface area contributed by atoms with Crippen LogP contribution in [0.4, 0.5) is 0 Å². The molecular weight excluding hydrogens is 446 g/mol. The van der Waals surface area contributed by atoms with E-state index in [1.807, 2.05) is 58.9 Å². The number of benzene rings is 2. The number of methoxy groups -OCH3 is 2. The third kappa shape index (κ3) is 5.51. The number of Topliss-reactive ketones (excluding diaryl/α,β-unsaturated/α-hetero) is 1. The van der Waals surface area contributed by atoms with Gasteiger partial charge in [-0.05, 0) is 55.2 Å². The summed E-state index contributed by atoms with van der Waals surface area (Å²) in [7, 11) is 3.13. The zero-order valence-corrected chi connectivity index (χ0v) is 21.5. The Kier molecular flexibility index (Phi) is 7.90. The molecule has 1 aliphatic rings. The van der Waals surface area contributed by atoms with Crippen LogP contribution in [0.15, 0.2) is 48.0 Å². The highest BCUT2D eigenvalue weighted by Gasteiger charge is 2.46. The number of carbonyl (C=O) groups is 2. The van der Waals surface area contributed by atoms with Gasteiger partial charge >= 0.3 is 0 Å². The van der Waals surface area contributed by atoms with Gasteiger partial charge in [0.1, 0.15) is 17.3 Å². The molecule has 0 radical (unpaired) electrons. The van der Waals surface area contributed by atoms with Gasteiger partial charge in [-0.25, -0.2) is 0 Å². The van der Waals surface area contributed by atoms with Crippen molar-refractivity contribution >= 4 is 17.4 Å². The minimum absolute atomic E-state index is 0.0397. The zero-order valence-electron chi connectivity index (χ0n) is 21.5. The fraction of sp³-hybridized carbons (Fsp3) is 0.429. The Morgan fingerprint density at radius 1 is 1.09 bits per heavy atom. The summed E-state index contributed by atoms with van der Waals surface area (Å²) in [5, 5.41) is 11.4. The first-order valence-corrected chi connectivity index (χ1v) is 11.7. The lowest BCUT2D eigenvalue weighted by Gasteiger charge is -2.26. The summed E-state index contributed by atoms with van der Waals surface area (Å²) in [5.74, 6) is -0.323. The van der Waals surface area contributed by atoms with E-state index < -0.39 is 17.7 Å². The van der Waals surface area contributed by atoms with Crippen LogP contribution in [0.2, 0.25) is 0 Å². The molecule has 1 aliphatic heterocycles. The van der Waals surface area contributed by atoms with Gasteiger partial charge in [-0.3, -0.25) is 9.59 Å². The van der Waals surface area contributed by atoms with E-state index in [4.69, 9.17) is 14.2 Å². The Morgan fingerprint density at radius 2 is 1.80 bits per heavy atom. The van der Waals surface area contributed by atoms with Crippen molar-refractivity contribution < 1.29 is 28.9 Å². The SMILES string of the molecule is COCCN1C(=O)C(=O)/C(=C(/O)c2ccc(OC)c(C(C)(C)C)c2)C1c1cccc(OC(C)C)c1. The van der Waals surface area contributed by atoms with Crippen molar-refractivity contribution in [1.29, 1.82) is 0 Å². The number of amides is 1. The predicted octanol–water partition coefficient (Wildman–Crippen LogP) is 4.85. The average Bonchev–Trinajstić information content (AvgIpc) is 3.05. The van der Waals surface area contributed by atoms with E-state index in [0.29, 0.717) is 22.6 Å². The van der Waals surface area contributed by atoms with Crippen molar-refractivity contribution in [3.63, 3.8) is 0 Å². The lowest BCUT2D eigenvalue weighted by Crippen LogP contribution is -2.32. The smallest absolute Gasteiger partial charge is 0.295 e. The molecule has 0 aromatic heterocycles. The molecule has 0 spiro atoms.